The van der Waals surface area contributed by atoms with Crippen molar-refractivity contribution in [2.24, 2.45) is 0 Å². The summed E-state index contributed by atoms with van der Waals surface area (Å²) in [4.78, 5) is 2.40. The number of hydrogen-bond donors (Lipinski definition) is 1. The van der Waals surface area contributed by atoms with Gasteiger partial charge < -0.3 is 5.11 Å². The van der Waals surface area contributed by atoms with Gasteiger partial charge in [-0.2, -0.15) is 11.8 Å². The van der Waals surface area contributed by atoms with Crippen LogP contribution in [0.1, 0.15) is 13.3 Å². The molecule has 1 rings (SSSR count). The van der Waals surface area contributed by atoms with Crippen LogP contribution in [0.5, 0.6) is 0 Å². The second kappa shape index (κ2) is 5.01. The number of aliphatic hydroxyl groups excluding tert-OH is 1. The van der Waals surface area contributed by atoms with Gasteiger partial charge in [0.15, 0.2) is 0 Å². The molecule has 1 N–H and O–H groups in total. The predicted octanol–water partition coefficient (Wildman–Crippen LogP) is 0.806. The Balaban J connectivity index is 2.31. The Bertz CT molecular complexity index is 108. The van der Waals surface area contributed by atoms with Gasteiger partial charge in [-0.3, -0.25) is 4.90 Å². The quantitative estimate of drug-likeness (QED) is 0.686. The van der Waals surface area contributed by atoms with Gasteiger partial charge >= 0.3 is 0 Å². The summed E-state index contributed by atoms with van der Waals surface area (Å²) in [6.45, 7) is 4.55. The van der Waals surface area contributed by atoms with E-state index in [4.69, 9.17) is 5.11 Å². The minimum absolute atomic E-state index is 0.307. The molecule has 11 heavy (non-hydrogen) atoms. The summed E-state index contributed by atoms with van der Waals surface area (Å²) in [6.07, 6.45) is 1.22. The molecule has 1 aliphatic rings. The van der Waals surface area contributed by atoms with Crippen LogP contribution in [0.2, 0.25) is 0 Å². The molecule has 0 saturated carbocycles. The van der Waals surface area contributed by atoms with Crippen LogP contribution >= 0.6 is 11.8 Å². The third-order valence-corrected chi connectivity index (χ3v) is 3.30. The van der Waals surface area contributed by atoms with Crippen LogP contribution in [-0.2, 0) is 0 Å². The van der Waals surface area contributed by atoms with Gasteiger partial charge in [0.25, 0.3) is 0 Å². The molecule has 1 saturated heterocycles. The lowest BCUT2D eigenvalue weighted by molar-refractivity contribution is 0.161. The molecule has 0 aromatic carbocycles. The maximum absolute atomic E-state index is 8.78. The van der Waals surface area contributed by atoms with Gasteiger partial charge in [0.1, 0.15) is 0 Å². The fraction of sp³-hybridized carbons (Fsp3) is 1.00. The highest BCUT2D eigenvalue weighted by molar-refractivity contribution is 7.99. The van der Waals surface area contributed by atoms with Crippen molar-refractivity contribution in [3.8, 4) is 0 Å². The highest BCUT2D eigenvalue weighted by Crippen LogP contribution is 2.17. The lowest BCUT2D eigenvalue weighted by atomic mass is 10.2. The van der Waals surface area contributed by atoms with Gasteiger partial charge in [0, 0.05) is 30.6 Å². The Morgan fingerprint density at radius 1 is 1.64 bits per heavy atom. The highest BCUT2D eigenvalue weighted by atomic mass is 32.2. The van der Waals surface area contributed by atoms with Gasteiger partial charge in [0.2, 0.25) is 0 Å². The number of aliphatic hydroxyl groups is 1. The average Bonchev–Trinajstić information content (AvgIpc) is 2.06. The van der Waals surface area contributed by atoms with Crippen LogP contribution in [0.15, 0.2) is 0 Å². The molecule has 0 spiro atoms. The lowest BCUT2D eigenvalue weighted by Gasteiger charge is -2.34. The van der Waals surface area contributed by atoms with Crippen LogP contribution in [0.3, 0.4) is 0 Å². The second-order valence-electron chi connectivity index (χ2n) is 2.90. The monoisotopic (exact) mass is 175 g/mol. The smallest absolute Gasteiger partial charge is 0.0558 e. The van der Waals surface area contributed by atoms with Crippen molar-refractivity contribution < 1.29 is 5.11 Å². The Hall–Kier alpha value is 0.270. The van der Waals surface area contributed by atoms with Crippen LogP contribution < -0.4 is 0 Å². The molecule has 0 aromatic heterocycles. The van der Waals surface area contributed by atoms with E-state index in [1.165, 1.54) is 17.9 Å². The van der Waals surface area contributed by atoms with E-state index in [2.05, 4.69) is 11.8 Å². The van der Waals surface area contributed by atoms with E-state index in [1.807, 2.05) is 11.8 Å². The molecular formula is C8H17NOS. The molecule has 1 aliphatic heterocycles. The molecule has 0 aromatic rings. The van der Waals surface area contributed by atoms with Crippen molar-refractivity contribution in [2.75, 3.05) is 31.2 Å². The highest BCUT2D eigenvalue weighted by Gasteiger charge is 2.19. The number of rotatable bonds is 3. The Morgan fingerprint density at radius 2 is 2.45 bits per heavy atom. The van der Waals surface area contributed by atoms with Gasteiger partial charge in [-0.15, -0.1) is 0 Å². The third-order valence-electron chi connectivity index (χ3n) is 2.21. The predicted molar refractivity (Wildman–Crippen MR) is 50.1 cm³/mol. The molecule has 2 nitrogen and oxygen atoms in total. The summed E-state index contributed by atoms with van der Waals surface area (Å²) in [5, 5.41) is 8.78. The molecule has 1 fully saturated rings. The first-order valence-corrected chi connectivity index (χ1v) is 5.46. The van der Waals surface area contributed by atoms with Crippen LogP contribution in [-0.4, -0.2) is 47.3 Å². The second-order valence-corrected chi connectivity index (χ2v) is 4.05. The van der Waals surface area contributed by atoms with Gasteiger partial charge in [-0.1, -0.05) is 6.92 Å². The average molecular weight is 175 g/mol. The summed E-state index contributed by atoms with van der Waals surface area (Å²) < 4.78 is 0. The summed E-state index contributed by atoms with van der Waals surface area (Å²) in [7, 11) is 0. The van der Waals surface area contributed by atoms with E-state index in [9.17, 15) is 0 Å². The molecule has 3 heteroatoms. The van der Waals surface area contributed by atoms with E-state index < -0.39 is 0 Å². The van der Waals surface area contributed by atoms with E-state index in [0.717, 1.165) is 13.1 Å². The lowest BCUT2D eigenvalue weighted by Crippen LogP contribution is -2.43. The standard InChI is InChI=1S/C8H17NOS/c1-2-8-7-11-6-4-9(8)3-5-10/h8,10H,2-7H2,1H3. The third kappa shape index (κ3) is 2.65. The fourth-order valence-corrected chi connectivity index (χ4v) is 2.74. The van der Waals surface area contributed by atoms with Crippen LogP contribution in [0, 0.1) is 0 Å². The minimum Gasteiger partial charge on any atom is -0.395 e. The van der Waals surface area contributed by atoms with E-state index >= 15 is 0 Å². The van der Waals surface area contributed by atoms with E-state index in [-0.39, 0.29) is 0 Å². The summed E-state index contributed by atoms with van der Waals surface area (Å²) in [5.74, 6) is 2.48. The number of hydrogen-bond acceptors (Lipinski definition) is 3. The van der Waals surface area contributed by atoms with Crippen LogP contribution in [0.25, 0.3) is 0 Å². The molecule has 0 radical (unpaired) electrons. The maximum atomic E-state index is 8.78. The SMILES string of the molecule is CCC1CSCCN1CCO. The van der Waals surface area contributed by atoms with Crippen molar-refractivity contribution in [2.45, 2.75) is 19.4 Å². The normalized spacial score (nSPS) is 27.3. The molecular weight excluding hydrogens is 158 g/mol. The Kier molecular flexibility index (Phi) is 4.26. The molecule has 1 unspecified atom stereocenters. The zero-order chi connectivity index (χ0) is 8.10. The summed E-state index contributed by atoms with van der Waals surface area (Å²) >= 11 is 2.03. The van der Waals surface area contributed by atoms with Crippen molar-refractivity contribution in [1.29, 1.82) is 0 Å². The van der Waals surface area contributed by atoms with Crippen molar-refractivity contribution >= 4 is 11.8 Å². The van der Waals surface area contributed by atoms with E-state index in [1.54, 1.807) is 0 Å². The fourth-order valence-electron chi connectivity index (χ4n) is 1.49. The molecule has 1 atom stereocenters. The Morgan fingerprint density at radius 3 is 3.09 bits per heavy atom. The topological polar surface area (TPSA) is 23.5 Å². The van der Waals surface area contributed by atoms with Gasteiger partial charge in [-0.25, -0.2) is 0 Å². The number of thioether (sulfide) groups is 1. The molecule has 66 valence electrons. The first-order chi connectivity index (χ1) is 5.38. The Labute approximate surface area is 73.0 Å². The largest absolute Gasteiger partial charge is 0.395 e. The van der Waals surface area contributed by atoms with Crippen LogP contribution in [0.4, 0.5) is 0 Å². The van der Waals surface area contributed by atoms with E-state index in [0.29, 0.717) is 12.6 Å². The number of β-amino-alcohol motifs (C(OH)–C–C–N with tert-alkyl or cyclic N) is 1. The maximum Gasteiger partial charge on any atom is 0.0558 e. The first kappa shape index (κ1) is 9.36. The molecule has 0 amide bonds. The first-order valence-electron chi connectivity index (χ1n) is 4.31. The zero-order valence-electron chi connectivity index (χ0n) is 7.12. The van der Waals surface area contributed by atoms with Crippen molar-refractivity contribution in [1.82, 2.24) is 4.90 Å². The molecule has 0 bridgehead atoms. The van der Waals surface area contributed by atoms with Crippen molar-refractivity contribution in [3.05, 3.63) is 0 Å². The van der Waals surface area contributed by atoms with Crippen molar-refractivity contribution in [3.63, 3.8) is 0 Å². The summed E-state index contributed by atoms with van der Waals surface area (Å²) in [6, 6.07) is 0.709. The number of nitrogens with zero attached hydrogens (tertiary/aromatic N) is 1. The summed E-state index contributed by atoms with van der Waals surface area (Å²) in [5.41, 5.74) is 0. The molecule has 0 aliphatic carbocycles. The zero-order valence-corrected chi connectivity index (χ0v) is 7.94. The van der Waals surface area contributed by atoms with Gasteiger partial charge in [0.05, 0.1) is 6.61 Å². The minimum atomic E-state index is 0.307. The van der Waals surface area contributed by atoms with Gasteiger partial charge in [-0.05, 0) is 6.42 Å². The molecule has 1 heterocycles.